The van der Waals surface area contributed by atoms with Crippen LogP contribution in [-0.4, -0.2) is 56.7 Å². The molecule has 1 fully saturated rings. The highest BCUT2D eigenvalue weighted by atomic mass is 16.1. The number of rotatable bonds is 5. The summed E-state index contributed by atoms with van der Waals surface area (Å²) in [6, 6.07) is 5.66. The van der Waals surface area contributed by atoms with Crippen molar-refractivity contribution in [2.75, 3.05) is 33.7 Å². The average Bonchev–Trinajstić information content (AvgIpc) is 2.77. The third kappa shape index (κ3) is 4.83. The predicted molar refractivity (Wildman–Crippen MR) is 112 cm³/mol. The first-order chi connectivity index (χ1) is 13.7. The van der Waals surface area contributed by atoms with E-state index in [0.717, 1.165) is 37.2 Å². The molecular formula is C20H27N7O. The summed E-state index contributed by atoms with van der Waals surface area (Å²) < 4.78 is 0. The van der Waals surface area contributed by atoms with E-state index in [9.17, 15) is 4.79 Å². The molecule has 0 saturated carbocycles. The fourth-order valence-corrected chi connectivity index (χ4v) is 3.25. The van der Waals surface area contributed by atoms with Gasteiger partial charge in [-0.25, -0.2) is 4.99 Å². The highest BCUT2D eigenvalue weighted by molar-refractivity contribution is 6.23. The van der Waals surface area contributed by atoms with Crippen molar-refractivity contribution >= 4 is 23.5 Å². The summed E-state index contributed by atoms with van der Waals surface area (Å²) in [4.78, 5) is 25.6. The molecule has 8 nitrogen and oxygen atoms in total. The molecule has 0 unspecified atom stereocenters. The molecule has 0 radical (unpaired) electrons. The van der Waals surface area contributed by atoms with E-state index >= 15 is 0 Å². The first kappa shape index (κ1) is 19.8. The fraction of sp³-hybridized carbons (Fsp3) is 0.400. The Balaban J connectivity index is 1.72. The smallest absolute Gasteiger partial charge is 0.254 e. The number of aromatic nitrogens is 1. The van der Waals surface area contributed by atoms with Crippen LogP contribution in [-0.2, 0) is 4.79 Å². The summed E-state index contributed by atoms with van der Waals surface area (Å²) in [6.07, 6.45) is 7.16. The van der Waals surface area contributed by atoms with E-state index in [-0.39, 0.29) is 5.91 Å². The number of hydrogen-bond acceptors (Lipinski definition) is 6. The minimum absolute atomic E-state index is 0.119. The van der Waals surface area contributed by atoms with E-state index in [4.69, 9.17) is 0 Å². The molecule has 3 rings (SSSR count). The van der Waals surface area contributed by atoms with E-state index in [2.05, 4.69) is 36.2 Å². The standard InChI is InChI=1S/C20H27N7O/c1-21-18(22-2)17(16-5-3-4-8-24-16)19-25-12-15(13-26-19)20(28)27-11-14-6-9-23-10-7-14/h3-5,8,12-14,23,25H,6-7,9-11H2,1-2H3,(H,21,22)(H,27,28)/b19-17+. The molecule has 28 heavy (non-hydrogen) atoms. The number of nitrogens with one attached hydrogen (secondary N) is 4. The third-order valence-corrected chi connectivity index (χ3v) is 4.82. The lowest BCUT2D eigenvalue weighted by molar-refractivity contribution is -0.117. The van der Waals surface area contributed by atoms with Gasteiger partial charge in [0, 0.05) is 39.3 Å². The summed E-state index contributed by atoms with van der Waals surface area (Å²) in [7, 11) is 3.51. The van der Waals surface area contributed by atoms with Gasteiger partial charge >= 0.3 is 0 Å². The number of carbonyl (C=O) groups excluding carboxylic acids is 1. The molecular weight excluding hydrogens is 354 g/mol. The second kappa shape index (κ2) is 9.80. The molecule has 8 heteroatoms. The van der Waals surface area contributed by atoms with Gasteiger partial charge in [0.25, 0.3) is 5.91 Å². The minimum atomic E-state index is -0.119. The fourth-order valence-electron chi connectivity index (χ4n) is 3.25. The monoisotopic (exact) mass is 381 g/mol. The second-order valence-electron chi connectivity index (χ2n) is 6.67. The van der Waals surface area contributed by atoms with Gasteiger partial charge in [-0.2, -0.15) is 0 Å². The van der Waals surface area contributed by atoms with Gasteiger partial charge in [0.05, 0.1) is 16.8 Å². The van der Waals surface area contributed by atoms with Crippen molar-refractivity contribution in [1.29, 1.82) is 0 Å². The lowest BCUT2D eigenvalue weighted by atomic mass is 9.98. The molecule has 0 atom stereocenters. The molecule has 0 aromatic carbocycles. The number of carbonyl (C=O) groups is 1. The lowest BCUT2D eigenvalue weighted by Crippen LogP contribution is -2.37. The normalized spacial score (nSPS) is 19.5. The Hall–Kier alpha value is -3.00. The summed E-state index contributed by atoms with van der Waals surface area (Å²) >= 11 is 0. The van der Waals surface area contributed by atoms with Crippen LogP contribution in [0.1, 0.15) is 18.5 Å². The van der Waals surface area contributed by atoms with Crippen molar-refractivity contribution in [1.82, 2.24) is 26.3 Å². The molecule has 0 aliphatic carbocycles. The van der Waals surface area contributed by atoms with Gasteiger partial charge < -0.3 is 21.3 Å². The van der Waals surface area contributed by atoms with Crippen LogP contribution in [0.4, 0.5) is 0 Å². The SMILES string of the molecule is C/N=C(NC)\C(=C1\N=CC(C(=O)NCC2CCNCC2)=CN1)c1ccccn1. The Morgan fingerprint density at radius 2 is 2.14 bits per heavy atom. The highest BCUT2D eigenvalue weighted by Gasteiger charge is 2.19. The average molecular weight is 381 g/mol. The van der Waals surface area contributed by atoms with Crippen molar-refractivity contribution in [2.45, 2.75) is 12.8 Å². The van der Waals surface area contributed by atoms with Gasteiger partial charge in [0.1, 0.15) is 11.7 Å². The van der Waals surface area contributed by atoms with Crippen molar-refractivity contribution in [3.8, 4) is 0 Å². The van der Waals surface area contributed by atoms with Crippen molar-refractivity contribution in [3.63, 3.8) is 0 Å². The first-order valence-electron chi connectivity index (χ1n) is 9.53. The number of pyridine rings is 1. The highest BCUT2D eigenvalue weighted by Crippen LogP contribution is 2.19. The first-order valence-corrected chi connectivity index (χ1v) is 9.53. The zero-order valence-electron chi connectivity index (χ0n) is 16.3. The summed E-state index contributed by atoms with van der Waals surface area (Å²) in [6.45, 7) is 2.73. The van der Waals surface area contributed by atoms with Gasteiger partial charge in [-0.3, -0.25) is 14.8 Å². The van der Waals surface area contributed by atoms with Crippen LogP contribution in [0.2, 0.25) is 0 Å². The molecule has 2 aliphatic rings. The molecule has 4 N–H and O–H groups in total. The summed E-state index contributed by atoms with van der Waals surface area (Å²) in [5, 5.41) is 12.5. The summed E-state index contributed by atoms with van der Waals surface area (Å²) in [5.74, 6) is 1.66. The number of amides is 1. The van der Waals surface area contributed by atoms with E-state index < -0.39 is 0 Å². The molecule has 1 aromatic heterocycles. The van der Waals surface area contributed by atoms with Crippen LogP contribution >= 0.6 is 0 Å². The molecule has 3 heterocycles. The maximum absolute atomic E-state index is 12.4. The zero-order valence-corrected chi connectivity index (χ0v) is 16.3. The van der Waals surface area contributed by atoms with Crippen molar-refractivity contribution < 1.29 is 4.79 Å². The van der Waals surface area contributed by atoms with Crippen molar-refractivity contribution in [2.24, 2.45) is 15.9 Å². The largest absolute Gasteiger partial charge is 0.373 e. The molecule has 148 valence electrons. The molecule has 1 amide bonds. The third-order valence-electron chi connectivity index (χ3n) is 4.82. The van der Waals surface area contributed by atoms with Gasteiger partial charge in [-0.05, 0) is 44.0 Å². The van der Waals surface area contributed by atoms with E-state index in [1.807, 2.05) is 18.2 Å². The number of aliphatic imine (C=N–C) groups is 2. The Kier molecular flexibility index (Phi) is 6.91. The van der Waals surface area contributed by atoms with Crippen LogP contribution in [0, 0.1) is 5.92 Å². The van der Waals surface area contributed by atoms with Crippen LogP contribution in [0.15, 0.2) is 52.0 Å². The molecule has 0 bridgehead atoms. The zero-order chi connectivity index (χ0) is 19.8. The molecule has 2 aliphatic heterocycles. The molecule has 0 spiro atoms. The molecule has 1 aromatic rings. The van der Waals surface area contributed by atoms with Crippen LogP contribution < -0.4 is 21.3 Å². The van der Waals surface area contributed by atoms with Gasteiger partial charge in [-0.15, -0.1) is 0 Å². The topological polar surface area (TPSA) is 103 Å². The molecule has 1 saturated heterocycles. The maximum Gasteiger partial charge on any atom is 0.254 e. The van der Waals surface area contributed by atoms with E-state index in [1.54, 1.807) is 32.7 Å². The maximum atomic E-state index is 12.4. The summed E-state index contributed by atoms with van der Waals surface area (Å²) in [5.41, 5.74) is 1.98. The Bertz CT molecular complexity index is 805. The van der Waals surface area contributed by atoms with Crippen molar-refractivity contribution in [3.05, 3.63) is 47.7 Å². The Labute approximate surface area is 165 Å². The number of nitrogens with zero attached hydrogens (tertiary/aromatic N) is 3. The quantitative estimate of drug-likeness (QED) is 0.444. The number of piperidine rings is 1. The number of likely N-dealkylation sites (N-methyl/N-ethyl adjacent to an activating group) is 1. The van der Waals surface area contributed by atoms with E-state index in [1.165, 1.54) is 0 Å². The van der Waals surface area contributed by atoms with E-state index in [0.29, 0.717) is 29.7 Å². The second-order valence-corrected chi connectivity index (χ2v) is 6.67. The van der Waals surface area contributed by atoms with Crippen LogP contribution in [0.5, 0.6) is 0 Å². The number of hydrogen-bond donors (Lipinski definition) is 4. The van der Waals surface area contributed by atoms with Gasteiger partial charge in [0.15, 0.2) is 0 Å². The number of amidine groups is 1. The van der Waals surface area contributed by atoms with Gasteiger partial charge in [0.2, 0.25) is 0 Å². The minimum Gasteiger partial charge on any atom is -0.373 e. The Morgan fingerprint density at radius 3 is 2.75 bits per heavy atom. The Morgan fingerprint density at radius 1 is 1.32 bits per heavy atom. The lowest BCUT2D eigenvalue weighted by Gasteiger charge is -2.23. The van der Waals surface area contributed by atoms with Crippen LogP contribution in [0.25, 0.3) is 5.57 Å². The van der Waals surface area contributed by atoms with Gasteiger partial charge in [-0.1, -0.05) is 6.07 Å². The predicted octanol–water partition coefficient (Wildman–Crippen LogP) is 0.672. The van der Waals surface area contributed by atoms with Crippen LogP contribution in [0.3, 0.4) is 0 Å².